The van der Waals surface area contributed by atoms with Crippen molar-refractivity contribution in [2.24, 2.45) is 0 Å². The highest BCUT2D eigenvalue weighted by molar-refractivity contribution is 6.32. The van der Waals surface area contributed by atoms with Crippen molar-refractivity contribution in [2.45, 2.75) is 151 Å². The summed E-state index contributed by atoms with van der Waals surface area (Å²) in [6.07, 6.45) is -12.6. The Morgan fingerprint density at radius 3 is 2.15 bits per heavy atom. The SMILES string of the molecule is CN[C@@]1(C)CC(c2ccc3c(c2O)C(=O)c2c(cc(C(O)(C(=O)OC)C4O[C@H](C)[C@@H](O)[C@@H](OC)[C@@H]4O)c4c(=O)cc(C5(C)OC5C)oc24)C3=O)O[C@@H](C)[C@H]1O[C@@H]1C[C@H](OC)[C@H](O)[C@@H](C)O1. The maximum absolute atomic E-state index is 15.1. The Morgan fingerprint density at radius 1 is 0.862 bits per heavy atom. The van der Waals surface area contributed by atoms with E-state index in [-0.39, 0.29) is 29.7 Å². The summed E-state index contributed by atoms with van der Waals surface area (Å²) in [6.45, 7) is 10.2. The fourth-order valence-corrected chi connectivity index (χ4v) is 10.2. The minimum atomic E-state index is -3.10. The first-order valence-electron chi connectivity index (χ1n) is 21.6. The quantitative estimate of drug-likeness (QED) is 0.0972. The van der Waals surface area contributed by atoms with Crippen molar-refractivity contribution in [3.63, 3.8) is 0 Å². The molecule has 2 aromatic carbocycles. The number of hydrogen-bond donors (Lipinski definition) is 6. The van der Waals surface area contributed by atoms with Crippen LogP contribution in [0.2, 0.25) is 0 Å². The molecule has 19 nitrogen and oxygen atoms in total. The predicted octanol–water partition coefficient (Wildman–Crippen LogP) is 1.52. The molecule has 5 unspecified atom stereocenters. The molecule has 0 spiro atoms. The number of fused-ring (bicyclic) bond motifs is 4. The first-order valence-corrected chi connectivity index (χ1v) is 21.6. The zero-order valence-electron chi connectivity index (χ0n) is 37.8. The van der Waals surface area contributed by atoms with Gasteiger partial charge in [0.05, 0.1) is 60.2 Å². The summed E-state index contributed by atoms with van der Waals surface area (Å²) in [5.74, 6) is -3.79. The molecular weight excluding hydrogens is 854 g/mol. The number of methoxy groups -OCH3 is 3. The molecule has 19 heteroatoms. The maximum Gasteiger partial charge on any atom is 0.345 e. The number of ketones is 2. The number of hydrogen-bond acceptors (Lipinski definition) is 19. The van der Waals surface area contributed by atoms with E-state index < -0.39 is 158 Å². The second-order valence-electron chi connectivity index (χ2n) is 18.2. The summed E-state index contributed by atoms with van der Waals surface area (Å²) in [6, 6.07) is 4.90. The normalized spacial score (nSPS) is 37.9. The Kier molecular flexibility index (Phi) is 12.2. The van der Waals surface area contributed by atoms with E-state index in [9.17, 15) is 39.9 Å². The third-order valence-corrected chi connectivity index (χ3v) is 14.4. The molecule has 5 heterocycles. The van der Waals surface area contributed by atoms with Gasteiger partial charge in [-0.05, 0) is 67.1 Å². The van der Waals surface area contributed by atoms with Crippen LogP contribution in [-0.4, -0.2) is 150 Å². The van der Waals surface area contributed by atoms with Gasteiger partial charge >= 0.3 is 5.97 Å². The topological polar surface area (TPSA) is 272 Å². The van der Waals surface area contributed by atoms with E-state index in [2.05, 4.69) is 5.32 Å². The first-order chi connectivity index (χ1) is 30.6. The summed E-state index contributed by atoms with van der Waals surface area (Å²) in [5.41, 5.74) is -8.39. The van der Waals surface area contributed by atoms with Gasteiger partial charge < -0.3 is 73.2 Å². The van der Waals surface area contributed by atoms with Crippen molar-refractivity contribution in [1.29, 1.82) is 0 Å². The lowest BCUT2D eigenvalue weighted by molar-refractivity contribution is -0.293. The van der Waals surface area contributed by atoms with Crippen molar-refractivity contribution in [3.8, 4) is 5.75 Å². The van der Waals surface area contributed by atoms with E-state index >= 15 is 4.79 Å². The summed E-state index contributed by atoms with van der Waals surface area (Å²) in [7, 11) is 5.40. The minimum Gasteiger partial charge on any atom is -0.507 e. The number of aromatic hydroxyl groups is 1. The van der Waals surface area contributed by atoms with Crippen molar-refractivity contribution < 1.29 is 82.2 Å². The van der Waals surface area contributed by atoms with Gasteiger partial charge in [0.15, 0.2) is 23.1 Å². The zero-order chi connectivity index (χ0) is 47.4. The fourth-order valence-electron chi connectivity index (χ4n) is 10.2. The van der Waals surface area contributed by atoms with E-state index in [0.29, 0.717) is 0 Å². The maximum atomic E-state index is 15.1. The van der Waals surface area contributed by atoms with Crippen LogP contribution in [0, 0.1) is 0 Å². The molecule has 65 heavy (non-hydrogen) atoms. The summed E-state index contributed by atoms with van der Waals surface area (Å²) in [4.78, 5) is 58.3. The van der Waals surface area contributed by atoms with Gasteiger partial charge in [-0.2, -0.15) is 0 Å². The molecule has 8 rings (SSSR count). The number of benzene rings is 2. The molecule has 1 aromatic heterocycles. The lowest BCUT2D eigenvalue weighted by Gasteiger charge is -2.49. The molecule has 4 fully saturated rings. The number of phenolic OH excluding ortho intramolecular Hbond substituents is 1. The Bertz CT molecular complexity index is 2470. The molecule has 0 amide bonds. The molecule has 6 N–H and O–H groups in total. The Hall–Kier alpha value is -4.22. The van der Waals surface area contributed by atoms with Gasteiger partial charge in [0.1, 0.15) is 53.7 Å². The first kappa shape index (κ1) is 47.3. The summed E-state index contributed by atoms with van der Waals surface area (Å²) in [5, 5.41) is 60.5. The van der Waals surface area contributed by atoms with Crippen LogP contribution in [0.5, 0.6) is 5.75 Å². The van der Waals surface area contributed by atoms with E-state index in [0.717, 1.165) is 19.2 Å². The Balaban J connectivity index is 1.24. The van der Waals surface area contributed by atoms with Crippen molar-refractivity contribution >= 4 is 28.5 Å². The number of carbonyl (C=O) groups is 3. The third kappa shape index (κ3) is 7.26. The fraction of sp³-hybridized carbons (Fsp3) is 0.609. The number of ether oxygens (including phenoxy) is 8. The Labute approximate surface area is 373 Å². The van der Waals surface area contributed by atoms with Gasteiger partial charge in [0.25, 0.3) is 0 Å². The number of likely N-dealkylation sites (N-methyl/N-ethyl adjacent to an activating group) is 1. The number of esters is 1. The van der Waals surface area contributed by atoms with Crippen LogP contribution in [0.3, 0.4) is 0 Å². The van der Waals surface area contributed by atoms with Gasteiger partial charge in [-0.1, -0.05) is 6.07 Å². The number of epoxide rings is 1. The molecule has 1 aliphatic carbocycles. The molecule has 4 saturated heterocycles. The van der Waals surface area contributed by atoms with Gasteiger partial charge in [0.2, 0.25) is 11.4 Å². The number of aliphatic hydroxyl groups is 4. The molecule has 4 aliphatic heterocycles. The molecule has 16 atom stereocenters. The Morgan fingerprint density at radius 2 is 1.54 bits per heavy atom. The monoisotopic (exact) mass is 911 g/mol. The number of phenols is 1. The summed E-state index contributed by atoms with van der Waals surface area (Å²) < 4.78 is 52.9. The average molecular weight is 912 g/mol. The zero-order valence-corrected chi connectivity index (χ0v) is 37.8. The smallest absolute Gasteiger partial charge is 0.345 e. The highest BCUT2D eigenvalue weighted by Crippen LogP contribution is 2.50. The van der Waals surface area contributed by atoms with Crippen LogP contribution >= 0.6 is 0 Å². The largest absolute Gasteiger partial charge is 0.507 e. The second-order valence-corrected chi connectivity index (χ2v) is 18.2. The van der Waals surface area contributed by atoms with Crippen molar-refractivity contribution in [2.75, 3.05) is 28.4 Å². The third-order valence-electron chi connectivity index (χ3n) is 14.4. The second kappa shape index (κ2) is 16.8. The molecule has 3 aromatic rings. The van der Waals surface area contributed by atoms with Crippen LogP contribution in [0.15, 0.2) is 33.5 Å². The van der Waals surface area contributed by atoms with Gasteiger partial charge in [0, 0.05) is 54.5 Å². The van der Waals surface area contributed by atoms with E-state index in [1.54, 1.807) is 34.7 Å². The number of aliphatic hydroxyl groups excluding tert-OH is 3. The van der Waals surface area contributed by atoms with Crippen molar-refractivity contribution in [1.82, 2.24) is 5.32 Å². The molecular formula is C46H57NO18. The minimum absolute atomic E-state index is 0.0349. The standard InChI is InChI=1S/C46H57NO18/c1-17-33(49)26(57-8)15-29(61-17)64-41-19(3)60-27(16-44(41,5)47-7)21-11-12-22-30(36(21)52)37(53)31-23(35(22)51)13-24(32-25(48)14-28(63-39(31)32)45(6)20(4)65-45)46(56,43(55)59-10)42-38(54)40(58-9)34(50)18(2)62-42/h11-14,17-20,26-27,29,33-34,38,40-42,47,49-50,52,54,56H,15-16H2,1-10H3/t17-,18-,19+,20?,26+,27?,29-,33-,34-,38+,40-,41-,42?,44+,45?,46?/m1/s1. The summed E-state index contributed by atoms with van der Waals surface area (Å²) >= 11 is 0. The van der Waals surface area contributed by atoms with Gasteiger partial charge in [-0.3, -0.25) is 14.4 Å². The van der Waals surface area contributed by atoms with Crippen LogP contribution in [0.1, 0.15) is 109 Å². The lowest BCUT2D eigenvalue weighted by atomic mass is 9.74. The van der Waals surface area contributed by atoms with Gasteiger partial charge in [-0.15, -0.1) is 0 Å². The highest BCUT2D eigenvalue weighted by atomic mass is 16.7. The van der Waals surface area contributed by atoms with Crippen molar-refractivity contribution in [3.05, 3.63) is 73.6 Å². The number of carbonyl (C=O) groups excluding carboxylic acids is 3. The lowest BCUT2D eigenvalue weighted by Crippen LogP contribution is -2.65. The highest BCUT2D eigenvalue weighted by Gasteiger charge is 2.60. The average Bonchev–Trinajstić information content (AvgIpc) is 3.91. The van der Waals surface area contributed by atoms with E-state index in [1.165, 1.54) is 33.3 Å². The van der Waals surface area contributed by atoms with Crippen LogP contribution in [0.4, 0.5) is 0 Å². The van der Waals surface area contributed by atoms with E-state index in [1.807, 2.05) is 6.92 Å². The molecule has 0 bridgehead atoms. The van der Waals surface area contributed by atoms with Crippen LogP contribution in [0.25, 0.3) is 11.0 Å². The molecule has 0 saturated carbocycles. The number of rotatable bonds is 10. The number of nitrogens with one attached hydrogen (secondary N) is 1. The van der Waals surface area contributed by atoms with Gasteiger partial charge in [-0.25, -0.2) is 4.79 Å². The van der Waals surface area contributed by atoms with Crippen LogP contribution in [-0.2, 0) is 53.9 Å². The molecule has 354 valence electrons. The van der Waals surface area contributed by atoms with E-state index in [4.69, 9.17) is 42.3 Å². The molecule has 0 radical (unpaired) electrons. The van der Waals surface area contributed by atoms with Crippen LogP contribution < -0.4 is 10.7 Å². The predicted molar refractivity (Wildman–Crippen MR) is 224 cm³/mol. The molecule has 5 aliphatic rings.